The van der Waals surface area contributed by atoms with Crippen LogP contribution in [0.1, 0.15) is 35.4 Å². The number of benzene rings is 1. The molecule has 3 aromatic rings. The Kier molecular flexibility index (Phi) is 6.12. The van der Waals surface area contributed by atoms with Crippen LogP contribution in [0, 0.1) is 0 Å². The second kappa shape index (κ2) is 8.72. The number of aromatic amines is 2. The van der Waals surface area contributed by atoms with E-state index in [-0.39, 0.29) is 5.91 Å². The van der Waals surface area contributed by atoms with Gasteiger partial charge in [0, 0.05) is 31.0 Å². The lowest BCUT2D eigenvalue weighted by atomic mass is 10.1. The highest BCUT2D eigenvalue weighted by Crippen LogP contribution is 2.18. The molecular formula is C20H23ClN4O. The Hall–Kier alpha value is -2.53. The minimum Gasteiger partial charge on any atom is -0.356 e. The Morgan fingerprint density at radius 1 is 1.15 bits per heavy atom. The lowest BCUT2D eigenvalue weighted by Gasteiger charge is -2.16. The molecule has 0 aliphatic carbocycles. The molecule has 1 aromatic carbocycles. The predicted molar refractivity (Wildman–Crippen MR) is 104 cm³/mol. The number of aromatic nitrogens is 3. The van der Waals surface area contributed by atoms with Crippen LogP contribution in [0.15, 0.2) is 48.7 Å². The normalized spacial score (nSPS) is 10.8. The smallest absolute Gasteiger partial charge is 0.270 e. The van der Waals surface area contributed by atoms with E-state index in [1.165, 1.54) is 0 Å². The van der Waals surface area contributed by atoms with Crippen LogP contribution in [0.25, 0.3) is 11.3 Å². The molecule has 2 N–H and O–H groups in total. The highest BCUT2D eigenvalue weighted by molar-refractivity contribution is 6.30. The number of amides is 1. The monoisotopic (exact) mass is 370 g/mol. The zero-order valence-electron chi connectivity index (χ0n) is 14.8. The number of nitrogens with zero attached hydrogens (tertiary/aromatic N) is 2. The maximum absolute atomic E-state index is 12.2. The van der Waals surface area contributed by atoms with Gasteiger partial charge in [0.2, 0.25) is 0 Å². The van der Waals surface area contributed by atoms with E-state index in [0.29, 0.717) is 10.7 Å². The molecule has 0 fully saturated rings. The number of halogens is 1. The maximum atomic E-state index is 12.2. The third-order valence-electron chi connectivity index (χ3n) is 4.36. The van der Waals surface area contributed by atoms with Gasteiger partial charge in [-0.2, -0.15) is 5.10 Å². The lowest BCUT2D eigenvalue weighted by molar-refractivity contribution is 0.0787. The van der Waals surface area contributed by atoms with Gasteiger partial charge in [0.15, 0.2) is 0 Å². The first-order valence-corrected chi connectivity index (χ1v) is 9.20. The van der Waals surface area contributed by atoms with Gasteiger partial charge in [0.1, 0.15) is 5.69 Å². The van der Waals surface area contributed by atoms with E-state index in [1.807, 2.05) is 25.2 Å². The van der Waals surface area contributed by atoms with Crippen LogP contribution >= 0.6 is 11.6 Å². The van der Waals surface area contributed by atoms with Crippen LogP contribution in [-0.4, -0.2) is 39.6 Å². The fourth-order valence-electron chi connectivity index (χ4n) is 2.89. The Bertz CT molecular complexity index is 840. The average molecular weight is 371 g/mol. The minimum absolute atomic E-state index is 0.0297. The van der Waals surface area contributed by atoms with Gasteiger partial charge in [-0.1, -0.05) is 48.4 Å². The van der Waals surface area contributed by atoms with Crippen LogP contribution in [0.3, 0.4) is 0 Å². The highest BCUT2D eigenvalue weighted by Gasteiger charge is 2.13. The van der Waals surface area contributed by atoms with Gasteiger partial charge in [-0.25, -0.2) is 0 Å². The molecule has 1 amide bonds. The topological polar surface area (TPSA) is 64.8 Å². The van der Waals surface area contributed by atoms with Crippen LogP contribution in [0.4, 0.5) is 0 Å². The summed E-state index contributed by atoms with van der Waals surface area (Å²) in [5, 5.41) is 8.05. The van der Waals surface area contributed by atoms with Crippen molar-refractivity contribution in [1.82, 2.24) is 20.1 Å². The van der Waals surface area contributed by atoms with E-state index in [1.54, 1.807) is 17.2 Å². The number of H-pyrrole nitrogens is 2. The fraction of sp³-hybridized carbons (Fsp3) is 0.300. The van der Waals surface area contributed by atoms with Crippen molar-refractivity contribution in [3.8, 4) is 11.3 Å². The van der Waals surface area contributed by atoms with E-state index in [2.05, 4.69) is 33.4 Å². The fourth-order valence-corrected chi connectivity index (χ4v) is 3.05. The SMILES string of the molecule is CN(CCCCCc1cc(-c2ccccc2)n[nH]1)C(=O)c1cc(Cl)c[nH]1. The first-order valence-electron chi connectivity index (χ1n) is 8.82. The zero-order valence-corrected chi connectivity index (χ0v) is 15.6. The van der Waals surface area contributed by atoms with Crippen molar-refractivity contribution in [2.45, 2.75) is 25.7 Å². The van der Waals surface area contributed by atoms with Gasteiger partial charge in [-0.3, -0.25) is 9.89 Å². The van der Waals surface area contributed by atoms with Crippen LogP contribution < -0.4 is 0 Å². The Morgan fingerprint density at radius 2 is 1.96 bits per heavy atom. The maximum Gasteiger partial charge on any atom is 0.270 e. The van der Waals surface area contributed by atoms with Gasteiger partial charge >= 0.3 is 0 Å². The standard InChI is InChI=1S/C20H23ClN4O/c1-25(20(26)19-12-16(21)14-22-19)11-7-3-6-10-17-13-18(24-23-17)15-8-4-2-5-9-15/h2,4-5,8-9,12-14,22H,3,6-7,10-11H2,1H3,(H,23,24). The first-order chi connectivity index (χ1) is 12.6. The van der Waals surface area contributed by atoms with Gasteiger partial charge in [0.05, 0.1) is 10.7 Å². The molecule has 0 radical (unpaired) electrons. The van der Waals surface area contributed by atoms with Crippen molar-refractivity contribution in [3.63, 3.8) is 0 Å². The van der Waals surface area contributed by atoms with Crippen molar-refractivity contribution in [2.75, 3.05) is 13.6 Å². The summed E-state index contributed by atoms with van der Waals surface area (Å²) < 4.78 is 0. The molecule has 3 rings (SSSR count). The molecule has 6 heteroatoms. The summed E-state index contributed by atoms with van der Waals surface area (Å²) in [5.74, 6) is -0.0297. The number of rotatable bonds is 8. The quantitative estimate of drug-likeness (QED) is 0.571. The molecule has 0 aliphatic rings. The van der Waals surface area contributed by atoms with E-state index >= 15 is 0 Å². The molecule has 0 atom stereocenters. The molecule has 0 saturated heterocycles. The molecule has 26 heavy (non-hydrogen) atoms. The third kappa shape index (κ3) is 4.76. The summed E-state index contributed by atoms with van der Waals surface area (Å²) in [7, 11) is 1.82. The number of hydrogen-bond donors (Lipinski definition) is 2. The zero-order chi connectivity index (χ0) is 18.4. The van der Waals surface area contributed by atoms with Crippen LogP contribution in [-0.2, 0) is 6.42 Å². The van der Waals surface area contributed by atoms with Gasteiger partial charge in [-0.15, -0.1) is 0 Å². The number of aryl methyl sites for hydroxylation is 1. The van der Waals surface area contributed by atoms with E-state index in [4.69, 9.17) is 11.6 Å². The number of unbranched alkanes of at least 4 members (excludes halogenated alkanes) is 2. The predicted octanol–water partition coefficient (Wildman–Crippen LogP) is 4.54. The molecule has 0 bridgehead atoms. The Labute approximate surface area is 158 Å². The second-order valence-corrected chi connectivity index (χ2v) is 6.85. The average Bonchev–Trinajstić information content (AvgIpc) is 3.30. The van der Waals surface area contributed by atoms with Crippen LogP contribution in [0.5, 0.6) is 0 Å². The second-order valence-electron chi connectivity index (χ2n) is 6.41. The van der Waals surface area contributed by atoms with Crippen molar-refractivity contribution in [3.05, 3.63) is 65.1 Å². The summed E-state index contributed by atoms with van der Waals surface area (Å²) in [6, 6.07) is 13.9. The Balaban J connectivity index is 1.38. The molecule has 0 unspecified atom stereocenters. The minimum atomic E-state index is -0.0297. The molecular weight excluding hydrogens is 348 g/mol. The summed E-state index contributed by atoms with van der Waals surface area (Å²) in [6.07, 6.45) is 5.67. The number of hydrogen-bond acceptors (Lipinski definition) is 2. The molecule has 136 valence electrons. The van der Waals surface area contributed by atoms with E-state index in [0.717, 1.165) is 49.2 Å². The summed E-state index contributed by atoms with van der Waals surface area (Å²) in [4.78, 5) is 16.8. The van der Waals surface area contributed by atoms with Crippen molar-refractivity contribution < 1.29 is 4.79 Å². The third-order valence-corrected chi connectivity index (χ3v) is 4.58. The first kappa shape index (κ1) is 18.3. The number of nitrogens with one attached hydrogen (secondary N) is 2. The van der Waals surface area contributed by atoms with Crippen molar-refractivity contribution in [1.29, 1.82) is 0 Å². The number of carbonyl (C=O) groups is 1. The van der Waals surface area contributed by atoms with E-state index < -0.39 is 0 Å². The molecule has 0 spiro atoms. The van der Waals surface area contributed by atoms with Gasteiger partial charge in [-0.05, 0) is 31.4 Å². The summed E-state index contributed by atoms with van der Waals surface area (Å²) in [5.41, 5.74) is 3.79. The highest BCUT2D eigenvalue weighted by atomic mass is 35.5. The number of carbonyl (C=O) groups excluding carboxylic acids is 1. The van der Waals surface area contributed by atoms with Gasteiger partial charge < -0.3 is 9.88 Å². The molecule has 2 heterocycles. The molecule has 0 saturated carbocycles. The Morgan fingerprint density at radius 3 is 2.69 bits per heavy atom. The van der Waals surface area contributed by atoms with Crippen LogP contribution in [0.2, 0.25) is 5.02 Å². The van der Waals surface area contributed by atoms with Gasteiger partial charge in [0.25, 0.3) is 5.91 Å². The summed E-state index contributed by atoms with van der Waals surface area (Å²) in [6.45, 7) is 0.730. The summed E-state index contributed by atoms with van der Waals surface area (Å²) >= 11 is 5.84. The van der Waals surface area contributed by atoms with Crippen molar-refractivity contribution in [2.24, 2.45) is 0 Å². The lowest BCUT2D eigenvalue weighted by Crippen LogP contribution is -2.27. The largest absolute Gasteiger partial charge is 0.356 e. The molecule has 5 nitrogen and oxygen atoms in total. The van der Waals surface area contributed by atoms with Crippen molar-refractivity contribution >= 4 is 17.5 Å². The molecule has 0 aliphatic heterocycles. The molecule has 2 aromatic heterocycles. The van der Waals surface area contributed by atoms with E-state index in [9.17, 15) is 4.79 Å².